The van der Waals surface area contributed by atoms with E-state index < -0.39 is 10.0 Å². The van der Waals surface area contributed by atoms with Crippen LogP contribution in [0.25, 0.3) is 11.4 Å². The zero-order valence-corrected chi connectivity index (χ0v) is 11.6. The highest BCUT2D eigenvalue weighted by atomic mass is 32.2. The fraction of sp³-hybridized carbons (Fsp3) is 0.333. The molecule has 1 heterocycles. The number of sulfonamides is 1. The van der Waals surface area contributed by atoms with E-state index in [1.807, 2.05) is 0 Å². The van der Waals surface area contributed by atoms with Crippen LogP contribution in [-0.2, 0) is 10.0 Å². The van der Waals surface area contributed by atoms with Crippen LogP contribution in [0.5, 0.6) is 0 Å². The number of rotatable bonds is 3. The summed E-state index contributed by atoms with van der Waals surface area (Å²) in [5, 5.41) is 12.5. The van der Waals surface area contributed by atoms with E-state index in [4.69, 9.17) is 5.14 Å². The second kappa shape index (κ2) is 4.35. The van der Waals surface area contributed by atoms with Gasteiger partial charge in [0.25, 0.3) is 15.2 Å². The summed E-state index contributed by atoms with van der Waals surface area (Å²) in [5.74, 6) is 0.0810. The predicted molar refractivity (Wildman–Crippen MR) is 69.8 cm³/mol. The number of hydrogen-bond donors (Lipinski definition) is 1. The van der Waals surface area contributed by atoms with E-state index >= 15 is 0 Å². The van der Waals surface area contributed by atoms with Crippen molar-refractivity contribution in [1.82, 2.24) is 14.8 Å². The van der Waals surface area contributed by atoms with Gasteiger partial charge >= 0.3 is 0 Å². The summed E-state index contributed by atoms with van der Waals surface area (Å²) < 4.78 is 37.9. The largest absolute Gasteiger partial charge is 0.294 e. The molecule has 6 nitrogen and oxygen atoms in total. The van der Waals surface area contributed by atoms with Gasteiger partial charge in [0.2, 0.25) is 0 Å². The first-order chi connectivity index (χ1) is 9.38. The van der Waals surface area contributed by atoms with E-state index in [-0.39, 0.29) is 17.0 Å². The molecule has 0 spiro atoms. The van der Waals surface area contributed by atoms with E-state index in [0.29, 0.717) is 17.0 Å². The number of aryl methyl sites for hydroxylation is 1. The van der Waals surface area contributed by atoms with Crippen molar-refractivity contribution < 1.29 is 12.8 Å². The van der Waals surface area contributed by atoms with E-state index in [1.165, 1.54) is 10.6 Å². The van der Waals surface area contributed by atoms with Crippen molar-refractivity contribution in [1.29, 1.82) is 0 Å². The maximum Gasteiger partial charge on any atom is 0.273 e. The van der Waals surface area contributed by atoms with Crippen LogP contribution < -0.4 is 5.14 Å². The zero-order valence-electron chi connectivity index (χ0n) is 10.7. The number of halogens is 1. The Kier molecular flexibility index (Phi) is 2.87. The molecule has 0 amide bonds. The third-order valence-electron chi connectivity index (χ3n) is 3.25. The van der Waals surface area contributed by atoms with Crippen molar-refractivity contribution in [3.63, 3.8) is 0 Å². The molecule has 1 aliphatic rings. The Labute approximate surface area is 115 Å². The Balaban J connectivity index is 2.19. The minimum atomic E-state index is -3.93. The van der Waals surface area contributed by atoms with E-state index in [9.17, 15) is 12.8 Å². The van der Waals surface area contributed by atoms with Crippen molar-refractivity contribution in [2.45, 2.75) is 31.0 Å². The molecule has 0 unspecified atom stereocenters. The second-order valence-electron chi connectivity index (χ2n) is 4.92. The fourth-order valence-corrected chi connectivity index (χ4v) is 2.78. The lowest BCUT2D eigenvalue weighted by Crippen LogP contribution is -2.18. The minimum absolute atomic E-state index is 0.0404. The summed E-state index contributed by atoms with van der Waals surface area (Å²) in [6.45, 7) is 1.64. The van der Waals surface area contributed by atoms with Crippen LogP contribution in [-0.4, -0.2) is 23.2 Å². The SMILES string of the molecule is Cc1cc(-c2nnc(S(N)(=O)=O)n2C2CC2)ccc1F. The van der Waals surface area contributed by atoms with Crippen LogP contribution in [0.2, 0.25) is 0 Å². The molecule has 8 heteroatoms. The molecule has 2 aromatic rings. The average molecular weight is 296 g/mol. The number of nitrogens with zero attached hydrogens (tertiary/aromatic N) is 3. The van der Waals surface area contributed by atoms with Gasteiger partial charge < -0.3 is 0 Å². The average Bonchev–Trinajstić information content (AvgIpc) is 3.10. The van der Waals surface area contributed by atoms with Gasteiger partial charge in [-0.2, -0.15) is 0 Å². The molecule has 1 aromatic carbocycles. The van der Waals surface area contributed by atoms with Crippen LogP contribution in [0.3, 0.4) is 0 Å². The van der Waals surface area contributed by atoms with Crippen LogP contribution in [0.4, 0.5) is 4.39 Å². The quantitative estimate of drug-likeness (QED) is 0.926. The Morgan fingerprint density at radius 3 is 2.60 bits per heavy atom. The van der Waals surface area contributed by atoms with Gasteiger partial charge in [0.15, 0.2) is 5.82 Å². The lowest BCUT2D eigenvalue weighted by atomic mass is 10.1. The molecule has 1 saturated carbocycles. The highest BCUT2D eigenvalue weighted by molar-refractivity contribution is 7.89. The molecule has 3 rings (SSSR count). The normalized spacial score (nSPS) is 15.6. The summed E-state index contributed by atoms with van der Waals surface area (Å²) in [7, 11) is -3.93. The Hall–Kier alpha value is -1.80. The molecule has 0 bridgehead atoms. The molecule has 0 radical (unpaired) electrons. The molecular weight excluding hydrogens is 283 g/mol. The Bertz CT molecular complexity index is 781. The zero-order chi connectivity index (χ0) is 14.5. The maximum absolute atomic E-state index is 13.3. The molecule has 2 N–H and O–H groups in total. The number of benzene rings is 1. The standard InChI is InChI=1S/C12H13FN4O2S/c1-7-6-8(2-5-10(7)13)11-15-16-12(20(14,18)19)17(11)9-3-4-9/h2,5-6,9H,3-4H2,1H3,(H2,14,18,19). The monoisotopic (exact) mass is 296 g/mol. The van der Waals surface area contributed by atoms with Gasteiger partial charge in [-0.25, -0.2) is 17.9 Å². The number of aromatic nitrogens is 3. The van der Waals surface area contributed by atoms with Gasteiger partial charge in [-0.3, -0.25) is 4.57 Å². The highest BCUT2D eigenvalue weighted by Gasteiger charge is 2.33. The van der Waals surface area contributed by atoms with Crippen LogP contribution in [0, 0.1) is 12.7 Å². The first-order valence-corrected chi connectivity index (χ1v) is 7.67. The van der Waals surface area contributed by atoms with Crippen LogP contribution in [0.15, 0.2) is 23.4 Å². The third-order valence-corrected chi connectivity index (χ3v) is 4.03. The number of hydrogen-bond acceptors (Lipinski definition) is 4. The Morgan fingerprint density at radius 1 is 1.35 bits per heavy atom. The third kappa shape index (κ3) is 2.20. The smallest absolute Gasteiger partial charge is 0.273 e. The molecule has 0 aliphatic heterocycles. The molecule has 1 fully saturated rings. The summed E-state index contributed by atoms with van der Waals surface area (Å²) in [5.41, 5.74) is 1.09. The van der Waals surface area contributed by atoms with Gasteiger partial charge in [-0.05, 0) is 43.5 Å². The summed E-state index contributed by atoms with van der Waals surface area (Å²) in [6.07, 6.45) is 1.71. The van der Waals surface area contributed by atoms with Gasteiger partial charge in [-0.15, -0.1) is 10.2 Å². The van der Waals surface area contributed by atoms with E-state index in [1.54, 1.807) is 19.1 Å². The summed E-state index contributed by atoms with van der Waals surface area (Å²) in [4.78, 5) is 0. The predicted octanol–water partition coefficient (Wildman–Crippen LogP) is 1.37. The number of primary sulfonamides is 1. The Morgan fingerprint density at radius 2 is 2.05 bits per heavy atom. The second-order valence-corrected chi connectivity index (χ2v) is 6.37. The minimum Gasteiger partial charge on any atom is -0.294 e. The van der Waals surface area contributed by atoms with E-state index in [0.717, 1.165) is 12.8 Å². The lowest BCUT2D eigenvalue weighted by molar-refractivity contribution is 0.567. The molecular formula is C12H13FN4O2S. The molecule has 1 aromatic heterocycles. The fourth-order valence-electron chi connectivity index (χ4n) is 2.11. The molecule has 106 valence electrons. The van der Waals surface area contributed by atoms with Crippen LogP contribution in [0.1, 0.15) is 24.4 Å². The van der Waals surface area contributed by atoms with Crippen molar-refractivity contribution in [2.24, 2.45) is 5.14 Å². The van der Waals surface area contributed by atoms with Crippen molar-refractivity contribution in [3.8, 4) is 11.4 Å². The molecule has 0 atom stereocenters. The van der Waals surface area contributed by atoms with Crippen molar-refractivity contribution in [2.75, 3.05) is 0 Å². The molecule has 0 saturated heterocycles. The highest BCUT2D eigenvalue weighted by Crippen LogP contribution is 2.39. The van der Waals surface area contributed by atoms with Gasteiger partial charge in [0, 0.05) is 11.6 Å². The topological polar surface area (TPSA) is 90.9 Å². The van der Waals surface area contributed by atoms with Crippen molar-refractivity contribution >= 4 is 10.0 Å². The van der Waals surface area contributed by atoms with Gasteiger partial charge in [0.05, 0.1) is 0 Å². The first kappa shape index (κ1) is 13.2. The molecule has 1 aliphatic carbocycles. The van der Waals surface area contributed by atoms with Gasteiger partial charge in [0.1, 0.15) is 5.82 Å². The van der Waals surface area contributed by atoms with Crippen molar-refractivity contribution in [3.05, 3.63) is 29.6 Å². The first-order valence-electron chi connectivity index (χ1n) is 6.12. The van der Waals surface area contributed by atoms with E-state index in [2.05, 4.69) is 10.2 Å². The lowest BCUT2D eigenvalue weighted by Gasteiger charge is -2.08. The number of nitrogens with two attached hydrogens (primary N) is 1. The van der Waals surface area contributed by atoms with Gasteiger partial charge in [-0.1, -0.05) is 0 Å². The van der Waals surface area contributed by atoms with Crippen LogP contribution >= 0.6 is 0 Å². The maximum atomic E-state index is 13.3. The summed E-state index contributed by atoms with van der Waals surface area (Å²) >= 11 is 0. The molecule has 20 heavy (non-hydrogen) atoms. The summed E-state index contributed by atoms with van der Waals surface area (Å²) in [6, 6.07) is 4.54.